The van der Waals surface area contributed by atoms with Crippen molar-refractivity contribution >= 4 is 5.91 Å². The Hall–Kier alpha value is -2.89. The van der Waals surface area contributed by atoms with Crippen LogP contribution in [0, 0.1) is 0 Å². The average molecular weight is 1020 g/mol. The molecule has 1 fully saturated rings. The molecule has 0 saturated carbocycles. The van der Waals surface area contributed by atoms with Gasteiger partial charge in [0.1, 0.15) is 24.4 Å². The fourth-order valence-corrected chi connectivity index (χ4v) is 8.94. The van der Waals surface area contributed by atoms with E-state index in [-0.39, 0.29) is 12.5 Å². The number of aliphatic hydroxyl groups excluding tert-OH is 5. The lowest BCUT2D eigenvalue weighted by atomic mass is 9.99. The SMILES string of the molecule is CC/C=C\C/C=C\C/C=C\C/C=C\C/C=C\C/C=C\CCCCCCCCCCCCCCCCCCCCCCC(=O)NC(COC1OC(CO)C(O)C(O)C1O)C(O)/C=C/CC/C=C/CCCCCCC. The second kappa shape index (κ2) is 52.5. The fourth-order valence-electron chi connectivity index (χ4n) is 8.94. The molecule has 1 rings (SSSR count). The number of hydrogen-bond acceptors (Lipinski definition) is 8. The van der Waals surface area contributed by atoms with E-state index in [1.807, 2.05) is 6.08 Å². The lowest BCUT2D eigenvalue weighted by Crippen LogP contribution is -2.60. The van der Waals surface area contributed by atoms with Gasteiger partial charge >= 0.3 is 0 Å². The molecule has 6 N–H and O–H groups in total. The summed E-state index contributed by atoms with van der Waals surface area (Å²) in [5.74, 6) is -0.189. The lowest BCUT2D eigenvalue weighted by Gasteiger charge is -2.40. The quantitative estimate of drug-likeness (QED) is 0.0261. The number of allylic oxidation sites excluding steroid dienone is 15. The molecule has 1 heterocycles. The largest absolute Gasteiger partial charge is 0.394 e. The summed E-state index contributed by atoms with van der Waals surface area (Å²) in [5, 5.41) is 54.3. The first-order valence-electron chi connectivity index (χ1n) is 30.0. The van der Waals surface area contributed by atoms with Crippen molar-refractivity contribution in [2.45, 2.75) is 288 Å². The van der Waals surface area contributed by atoms with Crippen LogP contribution in [0.4, 0.5) is 0 Å². The number of nitrogens with one attached hydrogen (secondary N) is 1. The Bertz CT molecular complexity index is 1460. The average Bonchev–Trinajstić information content (AvgIpc) is 3.39. The van der Waals surface area contributed by atoms with E-state index in [2.05, 4.69) is 104 Å². The number of hydrogen-bond donors (Lipinski definition) is 6. The molecule has 1 saturated heterocycles. The Morgan fingerprint density at radius 1 is 0.479 bits per heavy atom. The van der Waals surface area contributed by atoms with E-state index in [1.54, 1.807) is 6.08 Å². The van der Waals surface area contributed by atoms with Gasteiger partial charge in [-0.3, -0.25) is 4.79 Å². The number of aliphatic hydroxyl groups is 5. The van der Waals surface area contributed by atoms with Gasteiger partial charge < -0.3 is 40.3 Å². The van der Waals surface area contributed by atoms with Crippen LogP contribution in [0.25, 0.3) is 0 Å². The molecular weight excluding hydrogens is 911 g/mol. The van der Waals surface area contributed by atoms with E-state index in [0.717, 1.165) is 77.0 Å². The van der Waals surface area contributed by atoms with E-state index in [0.29, 0.717) is 6.42 Å². The van der Waals surface area contributed by atoms with Gasteiger partial charge in [-0.15, -0.1) is 0 Å². The Morgan fingerprint density at radius 2 is 0.863 bits per heavy atom. The first-order valence-corrected chi connectivity index (χ1v) is 30.0. The van der Waals surface area contributed by atoms with E-state index in [9.17, 15) is 30.3 Å². The van der Waals surface area contributed by atoms with E-state index >= 15 is 0 Å². The third-order valence-corrected chi connectivity index (χ3v) is 13.6. The molecule has 0 radical (unpaired) electrons. The Morgan fingerprint density at radius 3 is 1.32 bits per heavy atom. The zero-order chi connectivity index (χ0) is 52.9. The minimum atomic E-state index is -1.57. The van der Waals surface area contributed by atoms with Crippen LogP contribution >= 0.6 is 0 Å². The molecule has 73 heavy (non-hydrogen) atoms. The lowest BCUT2D eigenvalue weighted by molar-refractivity contribution is -0.302. The number of amides is 1. The molecule has 0 aromatic heterocycles. The molecule has 0 aromatic carbocycles. The zero-order valence-corrected chi connectivity index (χ0v) is 46.6. The van der Waals surface area contributed by atoms with Crippen molar-refractivity contribution in [2.24, 2.45) is 0 Å². The fraction of sp³-hybridized carbons (Fsp3) is 0.734. The highest BCUT2D eigenvalue weighted by molar-refractivity contribution is 5.76. The van der Waals surface area contributed by atoms with Gasteiger partial charge in [0.05, 0.1) is 25.4 Å². The van der Waals surface area contributed by atoms with Crippen LogP contribution in [0.1, 0.15) is 245 Å². The van der Waals surface area contributed by atoms with Crippen molar-refractivity contribution in [3.63, 3.8) is 0 Å². The summed E-state index contributed by atoms with van der Waals surface area (Å²) in [5.41, 5.74) is 0. The van der Waals surface area contributed by atoms with Gasteiger partial charge in [0.25, 0.3) is 0 Å². The molecule has 420 valence electrons. The molecule has 0 spiro atoms. The summed E-state index contributed by atoms with van der Waals surface area (Å²) in [6.45, 7) is 3.62. The minimum Gasteiger partial charge on any atom is -0.394 e. The van der Waals surface area contributed by atoms with Crippen LogP contribution in [-0.2, 0) is 14.3 Å². The first kappa shape index (κ1) is 68.1. The van der Waals surface area contributed by atoms with E-state index in [4.69, 9.17) is 9.47 Å². The molecule has 7 atom stereocenters. The summed E-state index contributed by atoms with van der Waals surface area (Å²) in [6, 6.07) is -0.823. The minimum absolute atomic E-state index is 0.189. The smallest absolute Gasteiger partial charge is 0.220 e. The van der Waals surface area contributed by atoms with Gasteiger partial charge in [-0.1, -0.05) is 252 Å². The number of carbonyl (C=O) groups is 1. The third kappa shape index (κ3) is 42.0. The normalized spacial score (nSPS) is 19.8. The van der Waals surface area contributed by atoms with Gasteiger partial charge in [-0.05, 0) is 83.5 Å². The Labute approximate surface area is 447 Å². The molecule has 0 aliphatic carbocycles. The maximum Gasteiger partial charge on any atom is 0.220 e. The summed E-state index contributed by atoms with van der Waals surface area (Å²) in [6.07, 6.45) is 69.4. The summed E-state index contributed by atoms with van der Waals surface area (Å²) < 4.78 is 11.2. The second-order valence-electron chi connectivity index (χ2n) is 20.4. The molecule has 9 nitrogen and oxygen atoms in total. The van der Waals surface area contributed by atoms with Crippen molar-refractivity contribution < 1.29 is 39.8 Å². The standard InChI is InChI=1S/C64H111NO8/c1-3-5-7-9-11-13-15-16-17-18-19-20-21-22-23-24-25-26-27-28-29-30-31-32-33-34-35-36-37-38-39-40-41-42-44-46-48-50-52-54-60(68)65-57(56-72-64-63(71)62(70)61(69)59(55-66)73-64)58(67)53-51-49-47-45-43-14-12-10-8-6-4-2/h5,7,11,13,16-17,19-20,22-23,25-26,43,45,51,53,57-59,61-64,66-67,69-71H,3-4,6,8-10,12,14-15,18,21,24,27-42,44,46-50,52,54-56H2,1-2H3,(H,65,68)/b7-5-,13-11-,17-16-,20-19-,23-22-,26-25-,45-43+,53-51+. The molecule has 9 heteroatoms. The van der Waals surface area contributed by atoms with Crippen LogP contribution in [0.15, 0.2) is 97.2 Å². The summed E-state index contributed by atoms with van der Waals surface area (Å²) >= 11 is 0. The molecule has 1 aliphatic heterocycles. The van der Waals surface area contributed by atoms with Crippen molar-refractivity contribution in [3.8, 4) is 0 Å². The predicted octanol–water partition coefficient (Wildman–Crippen LogP) is 15.2. The van der Waals surface area contributed by atoms with E-state index in [1.165, 1.54) is 148 Å². The topological polar surface area (TPSA) is 149 Å². The van der Waals surface area contributed by atoms with Crippen LogP contribution in [-0.4, -0.2) is 87.5 Å². The maximum absolute atomic E-state index is 13.0. The van der Waals surface area contributed by atoms with Crippen LogP contribution in [0.5, 0.6) is 0 Å². The maximum atomic E-state index is 13.0. The van der Waals surface area contributed by atoms with Gasteiger partial charge in [0.2, 0.25) is 5.91 Å². The summed E-state index contributed by atoms with van der Waals surface area (Å²) in [7, 11) is 0. The van der Waals surface area contributed by atoms with Crippen molar-refractivity contribution in [1.29, 1.82) is 0 Å². The summed E-state index contributed by atoms with van der Waals surface area (Å²) in [4.78, 5) is 13.0. The van der Waals surface area contributed by atoms with Gasteiger partial charge in [0.15, 0.2) is 6.29 Å². The number of rotatable bonds is 50. The Kier molecular flexibility index (Phi) is 49.0. The Balaban J connectivity index is 2.06. The number of ether oxygens (including phenoxy) is 2. The van der Waals surface area contributed by atoms with Crippen LogP contribution in [0.3, 0.4) is 0 Å². The molecule has 0 aromatic rings. The molecule has 7 unspecified atom stereocenters. The van der Waals surface area contributed by atoms with Crippen molar-refractivity contribution in [2.75, 3.05) is 13.2 Å². The molecule has 1 amide bonds. The number of unbranched alkanes of at least 4 members (excludes halogenated alkanes) is 26. The van der Waals surface area contributed by atoms with Crippen molar-refractivity contribution in [3.05, 3.63) is 97.2 Å². The molecular formula is C64H111NO8. The highest BCUT2D eigenvalue weighted by Crippen LogP contribution is 2.23. The van der Waals surface area contributed by atoms with Gasteiger partial charge in [-0.2, -0.15) is 0 Å². The third-order valence-electron chi connectivity index (χ3n) is 13.6. The second-order valence-corrected chi connectivity index (χ2v) is 20.4. The van der Waals surface area contributed by atoms with Crippen LogP contribution in [0.2, 0.25) is 0 Å². The highest BCUT2D eigenvalue weighted by atomic mass is 16.7. The molecule has 1 aliphatic rings. The molecule has 0 bridgehead atoms. The van der Waals surface area contributed by atoms with Gasteiger partial charge in [-0.25, -0.2) is 0 Å². The number of carbonyl (C=O) groups excluding carboxylic acids is 1. The van der Waals surface area contributed by atoms with Gasteiger partial charge in [0, 0.05) is 6.42 Å². The zero-order valence-electron chi connectivity index (χ0n) is 46.6. The highest BCUT2D eigenvalue weighted by Gasteiger charge is 2.44. The predicted molar refractivity (Wildman–Crippen MR) is 308 cm³/mol. The monoisotopic (exact) mass is 1020 g/mol. The van der Waals surface area contributed by atoms with Crippen LogP contribution < -0.4 is 5.32 Å². The van der Waals surface area contributed by atoms with Crippen molar-refractivity contribution in [1.82, 2.24) is 5.32 Å². The first-order chi connectivity index (χ1) is 35.8. The van der Waals surface area contributed by atoms with E-state index < -0.39 is 49.5 Å².